The highest BCUT2D eigenvalue weighted by molar-refractivity contribution is 5.39. The van der Waals surface area contributed by atoms with Gasteiger partial charge in [-0.3, -0.25) is 0 Å². The van der Waals surface area contributed by atoms with Gasteiger partial charge in [0.1, 0.15) is 5.75 Å². The molecule has 0 amide bonds. The van der Waals surface area contributed by atoms with Crippen molar-refractivity contribution in [2.45, 2.75) is 32.3 Å². The summed E-state index contributed by atoms with van der Waals surface area (Å²) in [6.45, 7) is 5.58. The van der Waals surface area contributed by atoms with Gasteiger partial charge in [0.05, 0.1) is 19.3 Å². The van der Waals surface area contributed by atoms with Crippen LogP contribution in [0.1, 0.15) is 36.5 Å². The van der Waals surface area contributed by atoms with Gasteiger partial charge in [-0.15, -0.1) is 0 Å². The van der Waals surface area contributed by atoms with Crippen LogP contribution in [0.4, 0.5) is 0 Å². The number of ether oxygens (including phenoxy) is 2. The molecule has 1 aromatic carbocycles. The van der Waals surface area contributed by atoms with Crippen LogP contribution in [0, 0.1) is 12.8 Å². The molecule has 2 aliphatic rings. The van der Waals surface area contributed by atoms with Gasteiger partial charge in [-0.25, -0.2) is 0 Å². The number of nitrogens with one attached hydrogen (secondary N) is 1. The topological polar surface area (TPSA) is 30.5 Å². The Morgan fingerprint density at radius 3 is 2.95 bits per heavy atom. The predicted octanol–water partition coefficient (Wildman–Crippen LogP) is 2.83. The summed E-state index contributed by atoms with van der Waals surface area (Å²) in [7, 11) is 0. The van der Waals surface area contributed by atoms with Gasteiger partial charge in [0.25, 0.3) is 0 Å². The Morgan fingerprint density at radius 1 is 1.37 bits per heavy atom. The second-order valence-corrected chi connectivity index (χ2v) is 5.71. The summed E-state index contributed by atoms with van der Waals surface area (Å²) >= 11 is 0. The van der Waals surface area contributed by atoms with Crippen molar-refractivity contribution in [3.8, 4) is 5.75 Å². The Hall–Kier alpha value is -1.06. The number of rotatable bonds is 4. The van der Waals surface area contributed by atoms with Gasteiger partial charge in [-0.2, -0.15) is 0 Å². The molecule has 1 atom stereocenters. The Labute approximate surface area is 115 Å². The second-order valence-electron chi connectivity index (χ2n) is 5.71. The Bertz CT molecular complexity index is 423. The van der Waals surface area contributed by atoms with Crippen LogP contribution in [-0.2, 0) is 4.74 Å². The van der Waals surface area contributed by atoms with Gasteiger partial charge >= 0.3 is 0 Å². The molecule has 1 heterocycles. The average molecular weight is 261 g/mol. The fraction of sp³-hybridized carbons (Fsp3) is 0.625. The lowest BCUT2D eigenvalue weighted by Crippen LogP contribution is -2.33. The smallest absolute Gasteiger partial charge is 0.125 e. The molecule has 1 saturated heterocycles. The quantitative estimate of drug-likeness (QED) is 0.904. The SMILES string of the molecule is Cc1ccc(OCC2CCC2)c(C2CNCCO2)c1. The lowest BCUT2D eigenvalue weighted by Gasteiger charge is -2.28. The molecule has 0 bridgehead atoms. The Morgan fingerprint density at radius 2 is 2.26 bits per heavy atom. The van der Waals surface area contributed by atoms with Crippen molar-refractivity contribution >= 4 is 0 Å². The predicted molar refractivity (Wildman–Crippen MR) is 75.6 cm³/mol. The summed E-state index contributed by atoms with van der Waals surface area (Å²) in [5.74, 6) is 1.77. The first kappa shape index (κ1) is 12.9. The van der Waals surface area contributed by atoms with E-state index in [1.165, 1.54) is 30.4 Å². The van der Waals surface area contributed by atoms with E-state index in [9.17, 15) is 0 Å². The highest BCUT2D eigenvalue weighted by Gasteiger charge is 2.22. The fourth-order valence-corrected chi connectivity index (χ4v) is 2.68. The summed E-state index contributed by atoms with van der Waals surface area (Å²) in [6.07, 6.45) is 4.14. The monoisotopic (exact) mass is 261 g/mol. The molecule has 3 nitrogen and oxygen atoms in total. The molecule has 1 aliphatic carbocycles. The third kappa shape index (κ3) is 3.10. The molecular weight excluding hydrogens is 238 g/mol. The minimum Gasteiger partial charge on any atom is -0.493 e. The molecule has 1 aliphatic heterocycles. The van der Waals surface area contributed by atoms with Crippen molar-refractivity contribution in [3.05, 3.63) is 29.3 Å². The summed E-state index contributed by atoms with van der Waals surface area (Å²) in [5.41, 5.74) is 2.46. The van der Waals surface area contributed by atoms with Crippen molar-refractivity contribution in [1.29, 1.82) is 0 Å². The molecule has 3 heteroatoms. The molecule has 1 saturated carbocycles. The molecule has 3 rings (SSSR count). The van der Waals surface area contributed by atoms with Crippen LogP contribution in [0.5, 0.6) is 5.75 Å². The standard InChI is InChI=1S/C16H23NO2/c1-12-5-6-15(19-11-13-3-2-4-13)14(9-12)16-10-17-7-8-18-16/h5-6,9,13,16-17H,2-4,7-8,10-11H2,1H3. The molecule has 0 aromatic heterocycles. The minimum atomic E-state index is 0.130. The highest BCUT2D eigenvalue weighted by atomic mass is 16.5. The molecule has 1 unspecified atom stereocenters. The van der Waals surface area contributed by atoms with E-state index in [2.05, 4.69) is 30.4 Å². The average Bonchev–Trinajstić information content (AvgIpc) is 2.39. The van der Waals surface area contributed by atoms with Gasteiger partial charge in [0, 0.05) is 18.7 Å². The summed E-state index contributed by atoms with van der Waals surface area (Å²) in [6, 6.07) is 6.42. The third-order valence-electron chi connectivity index (χ3n) is 4.14. The van der Waals surface area contributed by atoms with E-state index >= 15 is 0 Å². The lowest BCUT2D eigenvalue weighted by molar-refractivity contribution is 0.0253. The van der Waals surface area contributed by atoms with Crippen LogP contribution in [0.2, 0.25) is 0 Å². The Balaban J connectivity index is 1.73. The zero-order valence-electron chi connectivity index (χ0n) is 11.7. The van der Waals surface area contributed by atoms with Crippen LogP contribution in [-0.4, -0.2) is 26.3 Å². The normalized spacial score (nSPS) is 23.9. The zero-order chi connectivity index (χ0) is 13.1. The number of benzene rings is 1. The largest absolute Gasteiger partial charge is 0.493 e. The molecule has 19 heavy (non-hydrogen) atoms. The van der Waals surface area contributed by atoms with E-state index in [4.69, 9.17) is 9.47 Å². The van der Waals surface area contributed by atoms with E-state index in [-0.39, 0.29) is 6.10 Å². The molecule has 104 valence electrons. The number of hydrogen-bond donors (Lipinski definition) is 1. The molecule has 1 N–H and O–H groups in total. The van der Waals surface area contributed by atoms with Gasteiger partial charge < -0.3 is 14.8 Å². The van der Waals surface area contributed by atoms with Crippen molar-refractivity contribution in [2.24, 2.45) is 5.92 Å². The van der Waals surface area contributed by atoms with Crippen LogP contribution in [0.25, 0.3) is 0 Å². The van der Waals surface area contributed by atoms with Crippen molar-refractivity contribution in [1.82, 2.24) is 5.32 Å². The van der Waals surface area contributed by atoms with Crippen molar-refractivity contribution < 1.29 is 9.47 Å². The van der Waals surface area contributed by atoms with E-state index < -0.39 is 0 Å². The molecule has 2 fully saturated rings. The maximum Gasteiger partial charge on any atom is 0.125 e. The fourth-order valence-electron chi connectivity index (χ4n) is 2.68. The summed E-state index contributed by atoms with van der Waals surface area (Å²) in [5, 5.41) is 3.39. The Kier molecular flexibility index (Phi) is 4.04. The zero-order valence-corrected chi connectivity index (χ0v) is 11.7. The maximum atomic E-state index is 6.04. The molecular formula is C16H23NO2. The van der Waals surface area contributed by atoms with E-state index in [0.29, 0.717) is 0 Å². The van der Waals surface area contributed by atoms with Crippen molar-refractivity contribution in [2.75, 3.05) is 26.3 Å². The summed E-state index contributed by atoms with van der Waals surface area (Å²) < 4.78 is 11.9. The summed E-state index contributed by atoms with van der Waals surface area (Å²) in [4.78, 5) is 0. The second kappa shape index (κ2) is 5.93. The van der Waals surface area contributed by atoms with Gasteiger partial charge in [-0.05, 0) is 37.8 Å². The van der Waals surface area contributed by atoms with Crippen LogP contribution in [0.15, 0.2) is 18.2 Å². The van der Waals surface area contributed by atoms with Crippen LogP contribution in [0.3, 0.4) is 0 Å². The first-order valence-corrected chi connectivity index (χ1v) is 7.38. The molecule has 1 aromatic rings. The minimum absolute atomic E-state index is 0.130. The number of aryl methyl sites for hydroxylation is 1. The number of hydrogen-bond acceptors (Lipinski definition) is 3. The van der Waals surface area contributed by atoms with Crippen LogP contribution < -0.4 is 10.1 Å². The maximum absolute atomic E-state index is 6.04. The molecule has 0 spiro atoms. The van der Waals surface area contributed by atoms with Crippen molar-refractivity contribution in [3.63, 3.8) is 0 Å². The van der Waals surface area contributed by atoms with E-state index in [0.717, 1.165) is 38.0 Å². The van der Waals surface area contributed by atoms with Crippen LogP contribution >= 0.6 is 0 Å². The lowest BCUT2D eigenvalue weighted by atomic mass is 9.86. The highest BCUT2D eigenvalue weighted by Crippen LogP contribution is 2.32. The van der Waals surface area contributed by atoms with E-state index in [1.54, 1.807) is 0 Å². The van der Waals surface area contributed by atoms with Gasteiger partial charge in [0.15, 0.2) is 0 Å². The number of morpholine rings is 1. The molecule has 0 radical (unpaired) electrons. The van der Waals surface area contributed by atoms with Gasteiger partial charge in [0.2, 0.25) is 0 Å². The first-order chi connectivity index (χ1) is 9.33. The first-order valence-electron chi connectivity index (χ1n) is 7.38. The van der Waals surface area contributed by atoms with Gasteiger partial charge in [-0.1, -0.05) is 18.1 Å². The van der Waals surface area contributed by atoms with E-state index in [1.807, 2.05) is 0 Å². The third-order valence-corrected chi connectivity index (χ3v) is 4.14.